The SMILES string of the molecule is O=S(=O)(c1ccc(Cl)cc1)c1cnco1. The van der Waals surface area contributed by atoms with E-state index in [4.69, 9.17) is 16.0 Å². The van der Waals surface area contributed by atoms with Gasteiger partial charge in [-0.3, -0.25) is 0 Å². The van der Waals surface area contributed by atoms with Crippen molar-refractivity contribution in [3.63, 3.8) is 0 Å². The number of hydrogen-bond donors (Lipinski definition) is 0. The zero-order valence-corrected chi connectivity index (χ0v) is 8.99. The average Bonchev–Trinajstić information content (AvgIpc) is 2.71. The van der Waals surface area contributed by atoms with E-state index in [0.717, 1.165) is 12.6 Å². The molecule has 0 aliphatic carbocycles. The molecule has 2 aromatic rings. The third-order valence-corrected chi connectivity index (χ3v) is 3.67. The van der Waals surface area contributed by atoms with Crippen molar-refractivity contribution < 1.29 is 12.8 Å². The van der Waals surface area contributed by atoms with Gasteiger partial charge in [-0.15, -0.1) is 0 Å². The number of benzene rings is 1. The van der Waals surface area contributed by atoms with Crippen molar-refractivity contribution in [3.8, 4) is 0 Å². The molecule has 0 bridgehead atoms. The van der Waals surface area contributed by atoms with E-state index >= 15 is 0 Å². The Bertz CT molecular complexity index is 546. The number of sulfone groups is 1. The lowest BCUT2D eigenvalue weighted by Crippen LogP contribution is -1.99. The van der Waals surface area contributed by atoms with Gasteiger partial charge in [-0.25, -0.2) is 13.4 Å². The number of rotatable bonds is 2. The van der Waals surface area contributed by atoms with Crippen LogP contribution in [-0.2, 0) is 9.84 Å². The number of oxazole rings is 1. The van der Waals surface area contributed by atoms with Gasteiger partial charge in [0, 0.05) is 5.02 Å². The van der Waals surface area contributed by atoms with Gasteiger partial charge >= 0.3 is 0 Å². The van der Waals surface area contributed by atoms with E-state index in [9.17, 15) is 8.42 Å². The Labute approximate surface area is 91.4 Å². The number of nitrogens with zero attached hydrogens (tertiary/aromatic N) is 1. The standard InChI is InChI=1S/C9H6ClNO3S/c10-7-1-3-8(4-2-7)15(12,13)9-5-11-6-14-9/h1-6H. The summed E-state index contributed by atoms with van der Waals surface area (Å²) in [5.74, 6) is 0. The molecule has 0 aliphatic rings. The highest BCUT2D eigenvalue weighted by atomic mass is 35.5. The highest BCUT2D eigenvalue weighted by Crippen LogP contribution is 2.21. The molecule has 0 atom stereocenters. The van der Waals surface area contributed by atoms with Gasteiger partial charge < -0.3 is 4.42 Å². The van der Waals surface area contributed by atoms with E-state index in [1.54, 1.807) is 0 Å². The summed E-state index contributed by atoms with van der Waals surface area (Å²) in [4.78, 5) is 3.69. The molecule has 0 saturated carbocycles. The Hall–Kier alpha value is -1.33. The molecule has 0 fully saturated rings. The Morgan fingerprint density at radius 3 is 2.40 bits per heavy atom. The monoisotopic (exact) mass is 243 g/mol. The summed E-state index contributed by atoms with van der Waals surface area (Å²) in [6.07, 6.45) is 2.23. The fourth-order valence-corrected chi connectivity index (χ4v) is 2.29. The molecule has 0 spiro atoms. The molecule has 0 saturated heterocycles. The van der Waals surface area contributed by atoms with Gasteiger partial charge in [-0.1, -0.05) is 11.6 Å². The molecule has 0 radical (unpaired) electrons. The summed E-state index contributed by atoms with van der Waals surface area (Å²) in [6, 6.07) is 5.84. The van der Waals surface area contributed by atoms with Crippen molar-refractivity contribution in [2.45, 2.75) is 9.99 Å². The Morgan fingerprint density at radius 1 is 1.20 bits per heavy atom. The maximum Gasteiger partial charge on any atom is 0.242 e. The normalized spacial score (nSPS) is 11.5. The second-order valence-corrected chi connectivity index (χ2v) is 5.09. The quantitative estimate of drug-likeness (QED) is 0.811. The Kier molecular flexibility index (Phi) is 2.50. The molecular weight excluding hydrogens is 238 g/mol. The van der Waals surface area contributed by atoms with Crippen LogP contribution in [0.25, 0.3) is 0 Å². The maximum absolute atomic E-state index is 11.8. The first-order valence-electron chi connectivity index (χ1n) is 4.00. The smallest absolute Gasteiger partial charge is 0.242 e. The van der Waals surface area contributed by atoms with Crippen LogP contribution in [0.2, 0.25) is 5.02 Å². The summed E-state index contributed by atoms with van der Waals surface area (Å²) in [7, 11) is -3.60. The lowest BCUT2D eigenvalue weighted by atomic mass is 10.4. The van der Waals surface area contributed by atoms with Crippen LogP contribution in [0.1, 0.15) is 0 Å². The molecule has 1 aromatic carbocycles. The molecule has 1 aromatic heterocycles. The summed E-state index contributed by atoms with van der Waals surface area (Å²) < 4.78 is 28.4. The Balaban J connectivity index is 2.52. The average molecular weight is 244 g/mol. The van der Waals surface area contributed by atoms with Crippen molar-refractivity contribution in [2.24, 2.45) is 0 Å². The minimum absolute atomic E-state index is 0.128. The highest BCUT2D eigenvalue weighted by Gasteiger charge is 2.20. The molecule has 0 amide bonds. The van der Waals surface area contributed by atoms with E-state index in [0.29, 0.717) is 5.02 Å². The summed E-state index contributed by atoms with van der Waals surface area (Å²) in [6.45, 7) is 0. The van der Waals surface area contributed by atoms with Crippen LogP contribution in [0.5, 0.6) is 0 Å². The van der Waals surface area contributed by atoms with Crippen LogP contribution in [0, 0.1) is 0 Å². The molecule has 15 heavy (non-hydrogen) atoms. The fraction of sp³-hybridized carbons (Fsp3) is 0. The van der Waals surface area contributed by atoms with Crippen LogP contribution in [0.3, 0.4) is 0 Å². The van der Waals surface area contributed by atoms with E-state index in [-0.39, 0.29) is 9.99 Å². The summed E-state index contributed by atoms with van der Waals surface area (Å²) in [5, 5.41) is 0.302. The van der Waals surface area contributed by atoms with Gasteiger partial charge in [0.2, 0.25) is 14.9 Å². The van der Waals surface area contributed by atoms with Crippen LogP contribution in [0.15, 0.2) is 51.3 Å². The molecule has 1 heterocycles. The minimum Gasteiger partial charge on any atom is -0.432 e. The van der Waals surface area contributed by atoms with Gasteiger partial charge in [0.1, 0.15) is 0 Å². The van der Waals surface area contributed by atoms with Gasteiger partial charge in [0.15, 0.2) is 6.39 Å². The molecule has 0 N–H and O–H groups in total. The van der Waals surface area contributed by atoms with Crippen LogP contribution >= 0.6 is 11.6 Å². The van der Waals surface area contributed by atoms with Crippen LogP contribution < -0.4 is 0 Å². The second kappa shape index (κ2) is 3.67. The van der Waals surface area contributed by atoms with Crippen molar-refractivity contribution in [3.05, 3.63) is 41.9 Å². The van der Waals surface area contributed by atoms with Crippen molar-refractivity contribution in [2.75, 3.05) is 0 Å². The highest BCUT2D eigenvalue weighted by molar-refractivity contribution is 7.91. The molecule has 78 valence electrons. The van der Waals surface area contributed by atoms with Crippen molar-refractivity contribution >= 4 is 21.4 Å². The molecule has 0 unspecified atom stereocenters. The molecule has 0 aliphatic heterocycles. The number of aromatic nitrogens is 1. The first-order valence-corrected chi connectivity index (χ1v) is 5.86. The molecule has 6 heteroatoms. The van der Waals surface area contributed by atoms with Gasteiger partial charge in [0.25, 0.3) is 0 Å². The van der Waals surface area contributed by atoms with Crippen LogP contribution in [-0.4, -0.2) is 13.4 Å². The van der Waals surface area contributed by atoms with E-state index < -0.39 is 9.84 Å². The first kappa shape index (κ1) is 10.2. The molecular formula is C9H6ClNO3S. The summed E-state index contributed by atoms with van der Waals surface area (Å²) >= 11 is 5.66. The largest absolute Gasteiger partial charge is 0.432 e. The molecule has 4 nitrogen and oxygen atoms in total. The minimum atomic E-state index is -3.60. The van der Waals surface area contributed by atoms with Gasteiger partial charge in [0.05, 0.1) is 11.1 Å². The Morgan fingerprint density at radius 2 is 1.87 bits per heavy atom. The zero-order valence-electron chi connectivity index (χ0n) is 7.42. The van der Waals surface area contributed by atoms with Crippen molar-refractivity contribution in [1.82, 2.24) is 4.98 Å². The van der Waals surface area contributed by atoms with E-state index in [1.165, 1.54) is 24.3 Å². The fourth-order valence-electron chi connectivity index (χ4n) is 1.07. The third kappa shape index (κ3) is 1.88. The topological polar surface area (TPSA) is 60.2 Å². The first-order chi connectivity index (χ1) is 7.10. The number of halogens is 1. The van der Waals surface area contributed by atoms with Crippen molar-refractivity contribution in [1.29, 1.82) is 0 Å². The predicted molar refractivity (Wildman–Crippen MR) is 53.4 cm³/mol. The lowest BCUT2D eigenvalue weighted by Gasteiger charge is -1.99. The zero-order chi connectivity index (χ0) is 10.9. The van der Waals surface area contributed by atoms with Gasteiger partial charge in [-0.05, 0) is 24.3 Å². The lowest BCUT2D eigenvalue weighted by molar-refractivity contribution is 0.446. The number of hydrogen-bond acceptors (Lipinski definition) is 4. The summed E-state index contributed by atoms with van der Waals surface area (Å²) in [5.41, 5.74) is 0. The second-order valence-electron chi connectivity index (χ2n) is 2.78. The van der Waals surface area contributed by atoms with E-state index in [2.05, 4.69) is 4.98 Å². The predicted octanol–water partition coefficient (Wildman–Crippen LogP) is 2.16. The molecule has 2 rings (SSSR count). The van der Waals surface area contributed by atoms with E-state index in [1.807, 2.05) is 0 Å². The van der Waals surface area contributed by atoms with Crippen LogP contribution in [0.4, 0.5) is 0 Å². The third-order valence-electron chi connectivity index (χ3n) is 1.80. The maximum atomic E-state index is 11.8. The van der Waals surface area contributed by atoms with Gasteiger partial charge in [-0.2, -0.15) is 0 Å².